The van der Waals surface area contributed by atoms with E-state index in [1.807, 2.05) is 27.0 Å². The summed E-state index contributed by atoms with van der Waals surface area (Å²) in [6.07, 6.45) is 1.02. The highest BCUT2D eigenvalue weighted by Gasteiger charge is 2.15. The molecule has 0 saturated heterocycles. The molecule has 3 rings (SSSR count). The van der Waals surface area contributed by atoms with Gasteiger partial charge in [-0.3, -0.25) is 10.00 Å². The molecule has 0 aliphatic carbocycles. The van der Waals surface area contributed by atoms with E-state index < -0.39 is 6.09 Å². The monoisotopic (exact) mass is 385 g/mol. The first-order valence-electron chi connectivity index (χ1n) is 8.88. The molecule has 1 aromatic carbocycles. The minimum atomic E-state index is -0.671. The fraction of sp³-hybridized carbons (Fsp3) is 0.316. The second-order valence-electron chi connectivity index (χ2n) is 6.42. The van der Waals surface area contributed by atoms with Crippen molar-refractivity contribution >= 4 is 11.8 Å². The lowest BCUT2D eigenvalue weighted by molar-refractivity contribution is 0.210. The first-order chi connectivity index (χ1) is 13.5. The van der Waals surface area contributed by atoms with Gasteiger partial charge in [0.25, 0.3) is 5.88 Å². The van der Waals surface area contributed by atoms with Crippen LogP contribution in [0.1, 0.15) is 25.5 Å². The SMILES string of the molecule is CC(C)c1cc(OC(=O)Nc2ccc(OCCN)c(-c3ccnn3C)c2)no1. The van der Waals surface area contributed by atoms with Crippen LogP contribution in [0, 0.1) is 0 Å². The van der Waals surface area contributed by atoms with Gasteiger partial charge in [0, 0.05) is 43.0 Å². The molecule has 0 saturated carbocycles. The third-order valence-corrected chi connectivity index (χ3v) is 3.97. The molecule has 28 heavy (non-hydrogen) atoms. The van der Waals surface area contributed by atoms with Crippen LogP contribution in [-0.2, 0) is 7.05 Å². The number of nitrogens with one attached hydrogen (secondary N) is 1. The molecule has 2 heterocycles. The van der Waals surface area contributed by atoms with Gasteiger partial charge in [0.1, 0.15) is 18.1 Å². The molecule has 0 unspecified atom stereocenters. The van der Waals surface area contributed by atoms with Crippen molar-refractivity contribution in [3.8, 4) is 22.9 Å². The summed E-state index contributed by atoms with van der Waals surface area (Å²) in [5.74, 6) is 1.54. The number of aromatic nitrogens is 3. The normalized spacial score (nSPS) is 10.9. The van der Waals surface area contributed by atoms with Gasteiger partial charge in [-0.2, -0.15) is 5.10 Å². The summed E-state index contributed by atoms with van der Waals surface area (Å²) in [5, 5.41) is 10.6. The van der Waals surface area contributed by atoms with Gasteiger partial charge in [0.15, 0.2) is 0 Å². The van der Waals surface area contributed by atoms with Crippen molar-refractivity contribution in [2.24, 2.45) is 12.8 Å². The first kappa shape index (κ1) is 19.4. The average molecular weight is 385 g/mol. The zero-order chi connectivity index (χ0) is 20.1. The lowest BCUT2D eigenvalue weighted by atomic mass is 10.1. The third-order valence-electron chi connectivity index (χ3n) is 3.97. The Labute approximate surface area is 162 Å². The second-order valence-corrected chi connectivity index (χ2v) is 6.42. The van der Waals surface area contributed by atoms with Crippen LogP contribution in [0.4, 0.5) is 10.5 Å². The van der Waals surface area contributed by atoms with Crippen molar-refractivity contribution in [3.63, 3.8) is 0 Å². The van der Waals surface area contributed by atoms with Crippen LogP contribution < -0.4 is 20.5 Å². The molecule has 9 nitrogen and oxygen atoms in total. The Bertz CT molecular complexity index is 947. The Balaban J connectivity index is 1.78. The fourth-order valence-electron chi connectivity index (χ4n) is 2.57. The van der Waals surface area contributed by atoms with Gasteiger partial charge in [0.05, 0.1) is 5.69 Å². The minimum Gasteiger partial charge on any atom is -0.492 e. The number of nitrogens with zero attached hydrogens (tertiary/aromatic N) is 3. The molecule has 0 aliphatic heterocycles. The summed E-state index contributed by atoms with van der Waals surface area (Å²) in [6, 6.07) is 8.72. The van der Waals surface area contributed by atoms with Gasteiger partial charge in [-0.05, 0) is 29.4 Å². The maximum atomic E-state index is 12.2. The van der Waals surface area contributed by atoms with E-state index in [1.165, 1.54) is 0 Å². The molecular formula is C19H23N5O4. The van der Waals surface area contributed by atoms with Crippen molar-refractivity contribution < 1.29 is 18.8 Å². The van der Waals surface area contributed by atoms with Crippen LogP contribution in [0.2, 0.25) is 0 Å². The maximum Gasteiger partial charge on any atom is 0.418 e. The van der Waals surface area contributed by atoms with Crippen LogP contribution in [0.15, 0.2) is 41.1 Å². The summed E-state index contributed by atoms with van der Waals surface area (Å²) in [7, 11) is 1.83. The molecule has 0 aliphatic rings. The summed E-state index contributed by atoms with van der Waals surface area (Å²) in [4.78, 5) is 12.2. The molecule has 3 aromatic rings. The van der Waals surface area contributed by atoms with Crippen molar-refractivity contribution in [1.82, 2.24) is 14.9 Å². The number of anilines is 1. The molecule has 0 radical (unpaired) electrons. The van der Waals surface area contributed by atoms with E-state index in [2.05, 4.69) is 15.6 Å². The number of hydrogen-bond donors (Lipinski definition) is 2. The topological polar surface area (TPSA) is 117 Å². The molecule has 9 heteroatoms. The fourth-order valence-corrected chi connectivity index (χ4v) is 2.57. The van der Waals surface area contributed by atoms with E-state index in [0.29, 0.717) is 30.3 Å². The zero-order valence-corrected chi connectivity index (χ0v) is 16.0. The number of hydrogen-bond acceptors (Lipinski definition) is 7. The highest BCUT2D eigenvalue weighted by molar-refractivity contribution is 5.87. The average Bonchev–Trinajstić information content (AvgIpc) is 3.29. The van der Waals surface area contributed by atoms with Crippen molar-refractivity contribution in [3.05, 3.63) is 42.3 Å². The number of nitrogens with two attached hydrogens (primary N) is 1. The van der Waals surface area contributed by atoms with Gasteiger partial charge in [-0.15, -0.1) is 0 Å². The maximum absolute atomic E-state index is 12.2. The predicted octanol–water partition coefficient (Wildman–Crippen LogP) is 3.15. The van der Waals surface area contributed by atoms with E-state index in [4.69, 9.17) is 19.7 Å². The Hall–Kier alpha value is -3.33. The van der Waals surface area contributed by atoms with Gasteiger partial charge >= 0.3 is 6.09 Å². The van der Waals surface area contributed by atoms with Crippen molar-refractivity contribution in [1.29, 1.82) is 0 Å². The smallest absolute Gasteiger partial charge is 0.418 e. The second kappa shape index (κ2) is 8.57. The zero-order valence-electron chi connectivity index (χ0n) is 16.0. The lowest BCUT2D eigenvalue weighted by Gasteiger charge is -2.13. The molecule has 0 spiro atoms. The molecule has 0 bridgehead atoms. The van der Waals surface area contributed by atoms with Gasteiger partial charge in [-0.25, -0.2) is 4.79 Å². The standard InChI is InChI=1S/C19H23N5O4/c1-12(2)17-11-18(23-28-17)27-19(25)22-13-4-5-16(26-9-7-20)14(10-13)15-6-8-21-24(15)3/h4-6,8,10-12H,7,9,20H2,1-3H3,(H,22,25). The number of amides is 1. The summed E-state index contributed by atoms with van der Waals surface area (Å²) >= 11 is 0. The van der Waals surface area contributed by atoms with Gasteiger partial charge < -0.3 is 19.7 Å². The van der Waals surface area contributed by atoms with Crippen LogP contribution >= 0.6 is 0 Å². The Kier molecular flexibility index (Phi) is 5.95. The lowest BCUT2D eigenvalue weighted by Crippen LogP contribution is -2.17. The summed E-state index contributed by atoms with van der Waals surface area (Å²) < 4.78 is 17.7. The molecule has 1 amide bonds. The number of benzene rings is 1. The van der Waals surface area contributed by atoms with Crippen molar-refractivity contribution in [2.45, 2.75) is 19.8 Å². The number of ether oxygens (including phenoxy) is 2. The predicted molar refractivity (Wildman–Crippen MR) is 103 cm³/mol. The molecule has 0 fully saturated rings. The Morgan fingerprint density at radius 3 is 2.79 bits per heavy atom. The van der Waals surface area contributed by atoms with Crippen molar-refractivity contribution in [2.75, 3.05) is 18.5 Å². The van der Waals surface area contributed by atoms with Gasteiger partial charge in [-0.1, -0.05) is 13.8 Å². The van der Waals surface area contributed by atoms with E-state index in [0.717, 1.165) is 11.3 Å². The number of carbonyl (C=O) groups excluding carboxylic acids is 1. The third kappa shape index (κ3) is 4.49. The summed E-state index contributed by atoms with van der Waals surface area (Å²) in [6.45, 7) is 4.69. The first-order valence-corrected chi connectivity index (χ1v) is 8.88. The number of aryl methyl sites for hydroxylation is 1. The van der Waals surface area contributed by atoms with Crippen LogP contribution in [0.25, 0.3) is 11.3 Å². The summed E-state index contributed by atoms with van der Waals surface area (Å²) in [5.41, 5.74) is 7.68. The van der Waals surface area contributed by atoms with Crippen LogP contribution in [-0.4, -0.2) is 34.2 Å². The minimum absolute atomic E-state index is 0.107. The highest BCUT2D eigenvalue weighted by Crippen LogP contribution is 2.32. The van der Waals surface area contributed by atoms with E-state index in [9.17, 15) is 4.79 Å². The van der Waals surface area contributed by atoms with E-state index >= 15 is 0 Å². The molecule has 148 valence electrons. The highest BCUT2D eigenvalue weighted by atomic mass is 16.6. The van der Waals surface area contributed by atoms with E-state index in [1.54, 1.807) is 35.1 Å². The van der Waals surface area contributed by atoms with E-state index in [-0.39, 0.29) is 11.8 Å². The van der Waals surface area contributed by atoms with Gasteiger partial charge in [0.2, 0.25) is 0 Å². The Morgan fingerprint density at radius 1 is 1.32 bits per heavy atom. The molecular weight excluding hydrogens is 362 g/mol. The number of carbonyl (C=O) groups is 1. The molecule has 0 atom stereocenters. The largest absolute Gasteiger partial charge is 0.492 e. The molecule has 3 N–H and O–H groups in total. The molecule has 2 aromatic heterocycles. The number of rotatable bonds is 7. The Morgan fingerprint density at radius 2 is 2.14 bits per heavy atom. The van der Waals surface area contributed by atoms with Crippen LogP contribution in [0.3, 0.4) is 0 Å². The van der Waals surface area contributed by atoms with Crippen LogP contribution in [0.5, 0.6) is 11.6 Å². The quantitative estimate of drug-likeness (QED) is 0.641.